The number of fused-ring (bicyclic) bond motifs is 1. The molecule has 32 heavy (non-hydrogen) atoms. The monoisotopic (exact) mass is 442 g/mol. The number of aryl methyl sites for hydroxylation is 1. The number of carbonyl (C=O) groups is 1. The number of alkyl halides is 2. The summed E-state index contributed by atoms with van der Waals surface area (Å²) in [4.78, 5) is 12.4. The van der Waals surface area contributed by atoms with Crippen LogP contribution in [0.15, 0.2) is 48.5 Å². The SMILES string of the molecule is O=C(/C=C/c1ccccc1OC(F)F)Nc1cc(-c2nnc3n2CCCCC3)ccc1F. The molecule has 0 bridgehead atoms. The number of hydrogen-bond donors (Lipinski definition) is 1. The standard InChI is InChI=1S/C23H21F3N4O2/c24-17-11-9-16(22-29-28-20-8-2-1-5-13-30(20)22)14-18(17)27-21(31)12-10-15-6-3-4-7-19(15)32-23(25)26/h3-4,6-7,9-12,14,23H,1-2,5,8,13H2,(H,27,31)/b12-10+. The van der Waals surface area contributed by atoms with E-state index in [-0.39, 0.29) is 11.4 Å². The average Bonchev–Trinajstić information content (AvgIpc) is 3.02. The van der Waals surface area contributed by atoms with Gasteiger partial charge in [0.25, 0.3) is 0 Å². The molecule has 0 unspecified atom stereocenters. The molecular formula is C23H21F3N4O2. The van der Waals surface area contributed by atoms with Gasteiger partial charge in [-0.15, -0.1) is 10.2 Å². The van der Waals surface area contributed by atoms with Crippen molar-refractivity contribution in [2.75, 3.05) is 5.32 Å². The number of hydrogen-bond acceptors (Lipinski definition) is 4. The Hall–Kier alpha value is -3.62. The van der Waals surface area contributed by atoms with Crippen LogP contribution in [0.3, 0.4) is 0 Å². The minimum Gasteiger partial charge on any atom is -0.434 e. The summed E-state index contributed by atoms with van der Waals surface area (Å²) < 4.78 is 45.9. The molecule has 0 radical (unpaired) electrons. The predicted octanol–water partition coefficient (Wildman–Crippen LogP) is 5.06. The van der Waals surface area contributed by atoms with Crippen LogP contribution in [0.5, 0.6) is 5.75 Å². The van der Waals surface area contributed by atoms with Crippen LogP contribution < -0.4 is 10.1 Å². The highest BCUT2D eigenvalue weighted by Gasteiger charge is 2.17. The Labute approximate surface area is 182 Å². The predicted molar refractivity (Wildman–Crippen MR) is 114 cm³/mol. The summed E-state index contributed by atoms with van der Waals surface area (Å²) in [7, 11) is 0. The first-order valence-electron chi connectivity index (χ1n) is 10.3. The van der Waals surface area contributed by atoms with E-state index in [0.717, 1.165) is 44.1 Å². The molecule has 6 nitrogen and oxygen atoms in total. The summed E-state index contributed by atoms with van der Waals surface area (Å²) in [6.07, 6.45) is 6.49. The first kappa shape index (κ1) is 21.6. The number of amides is 1. The Morgan fingerprint density at radius 3 is 2.81 bits per heavy atom. The maximum Gasteiger partial charge on any atom is 0.387 e. The van der Waals surface area contributed by atoms with E-state index in [0.29, 0.717) is 17.0 Å². The summed E-state index contributed by atoms with van der Waals surface area (Å²) in [5, 5.41) is 11.0. The van der Waals surface area contributed by atoms with Crippen molar-refractivity contribution < 1.29 is 22.7 Å². The van der Waals surface area contributed by atoms with E-state index in [9.17, 15) is 18.0 Å². The van der Waals surface area contributed by atoms with Crippen molar-refractivity contribution in [2.24, 2.45) is 0 Å². The van der Waals surface area contributed by atoms with Crippen molar-refractivity contribution in [3.05, 3.63) is 65.7 Å². The fraction of sp³-hybridized carbons (Fsp3) is 0.261. The summed E-state index contributed by atoms with van der Waals surface area (Å²) in [6.45, 7) is -2.19. The third kappa shape index (κ3) is 4.99. The van der Waals surface area contributed by atoms with Gasteiger partial charge in [0, 0.05) is 30.2 Å². The molecule has 3 aromatic rings. The number of rotatable bonds is 6. The van der Waals surface area contributed by atoms with Gasteiger partial charge in [-0.25, -0.2) is 4.39 Å². The third-order valence-electron chi connectivity index (χ3n) is 5.14. The summed E-state index contributed by atoms with van der Waals surface area (Å²) in [5.41, 5.74) is 0.922. The van der Waals surface area contributed by atoms with Gasteiger partial charge < -0.3 is 14.6 Å². The van der Waals surface area contributed by atoms with Crippen LogP contribution in [0, 0.1) is 5.82 Å². The topological polar surface area (TPSA) is 69.0 Å². The van der Waals surface area contributed by atoms with Crippen LogP contribution in [0.2, 0.25) is 0 Å². The Bertz CT molecular complexity index is 1140. The molecule has 1 N–H and O–H groups in total. The van der Waals surface area contributed by atoms with Gasteiger partial charge in [-0.1, -0.05) is 24.6 Å². The van der Waals surface area contributed by atoms with Crippen LogP contribution in [0.25, 0.3) is 17.5 Å². The highest BCUT2D eigenvalue weighted by molar-refractivity contribution is 6.02. The Kier molecular flexibility index (Phi) is 6.53. The second-order valence-corrected chi connectivity index (χ2v) is 7.34. The van der Waals surface area contributed by atoms with Crippen molar-refractivity contribution in [1.82, 2.24) is 14.8 Å². The molecule has 0 atom stereocenters. The molecule has 0 aliphatic carbocycles. The second-order valence-electron chi connectivity index (χ2n) is 7.34. The zero-order valence-corrected chi connectivity index (χ0v) is 17.1. The highest BCUT2D eigenvalue weighted by Crippen LogP contribution is 2.27. The molecule has 166 valence electrons. The molecule has 1 aliphatic heterocycles. The summed E-state index contributed by atoms with van der Waals surface area (Å²) in [5.74, 6) is 0.249. The van der Waals surface area contributed by atoms with Crippen LogP contribution in [0.4, 0.5) is 18.9 Å². The molecule has 0 saturated heterocycles. The lowest BCUT2D eigenvalue weighted by atomic mass is 10.1. The van der Waals surface area contributed by atoms with E-state index in [1.807, 2.05) is 4.57 Å². The normalized spacial score (nSPS) is 13.8. The quantitative estimate of drug-likeness (QED) is 0.542. The number of para-hydroxylation sites is 1. The minimum absolute atomic E-state index is 0.0137. The van der Waals surface area contributed by atoms with Crippen molar-refractivity contribution >= 4 is 17.7 Å². The molecule has 2 heterocycles. The number of ether oxygens (including phenoxy) is 1. The van der Waals surface area contributed by atoms with Gasteiger partial charge in [0.15, 0.2) is 5.82 Å². The highest BCUT2D eigenvalue weighted by atomic mass is 19.3. The van der Waals surface area contributed by atoms with E-state index in [1.165, 1.54) is 30.3 Å². The molecule has 1 aromatic heterocycles. The van der Waals surface area contributed by atoms with Crippen LogP contribution in [-0.2, 0) is 17.8 Å². The van der Waals surface area contributed by atoms with Crippen molar-refractivity contribution in [2.45, 2.75) is 38.8 Å². The lowest BCUT2D eigenvalue weighted by Crippen LogP contribution is -2.10. The van der Waals surface area contributed by atoms with Gasteiger partial charge in [-0.2, -0.15) is 8.78 Å². The molecule has 2 aromatic carbocycles. The van der Waals surface area contributed by atoms with E-state index < -0.39 is 18.3 Å². The number of nitrogens with zero attached hydrogens (tertiary/aromatic N) is 3. The second kappa shape index (κ2) is 9.67. The lowest BCUT2D eigenvalue weighted by Gasteiger charge is -2.10. The zero-order valence-electron chi connectivity index (χ0n) is 17.1. The smallest absolute Gasteiger partial charge is 0.387 e. The molecule has 0 fully saturated rings. The van der Waals surface area contributed by atoms with Gasteiger partial charge in [-0.05, 0) is 43.2 Å². The van der Waals surface area contributed by atoms with Gasteiger partial charge in [0.05, 0.1) is 5.69 Å². The van der Waals surface area contributed by atoms with E-state index in [2.05, 4.69) is 20.3 Å². The summed E-state index contributed by atoms with van der Waals surface area (Å²) in [6, 6.07) is 10.4. The molecule has 1 amide bonds. The maximum atomic E-state index is 14.4. The number of aromatic nitrogens is 3. The Balaban J connectivity index is 1.53. The molecular weight excluding hydrogens is 421 g/mol. The number of nitrogens with one attached hydrogen (secondary N) is 1. The fourth-order valence-corrected chi connectivity index (χ4v) is 3.62. The molecule has 0 spiro atoms. The largest absolute Gasteiger partial charge is 0.434 e. The van der Waals surface area contributed by atoms with Crippen molar-refractivity contribution in [3.63, 3.8) is 0 Å². The third-order valence-corrected chi connectivity index (χ3v) is 5.14. The first-order valence-corrected chi connectivity index (χ1v) is 10.3. The average molecular weight is 442 g/mol. The number of carbonyl (C=O) groups excluding carboxylic acids is 1. The molecule has 1 aliphatic rings. The van der Waals surface area contributed by atoms with Crippen LogP contribution >= 0.6 is 0 Å². The molecule has 4 rings (SSSR count). The van der Waals surface area contributed by atoms with E-state index >= 15 is 0 Å². The minimum atomic E-state index is -2.98. The Morgan fingerprint density at radius 2 is 1.97 bits per heavy atom. The summed E-state index contributed by atoms with van der Waals surface area (Å²) >= 11 is 0. The van der Waals surface area contributed by atoms with Crippen molar-refractivity contribution in [1.29, 1.82) is 0 Å². The fourth-order valence-electron chi connectivity index (χ4n) is 3.62. The van der Waals surface area contributed by atoms with E-state index in [1.54, 1.807) is 18.2 Å². The van der Waals surface area contributed by atoms with Crippen LogP contribution in [0.1, 0.15) is 30.7 Å². The zero-order chi connectivity index (χ0) is 22.5. The van der Waals surface area contributed by atoms with Crippen molar-refractivity contribution in [3.8, 4) is 17.1 Å². The number of benzene rings is 2. The first-order chi connectivity index (χ1) is 15.5. The van der Waals surface area contributed by atoms with Gasteiger partial charge in [0.1, 0.15) is 17.4 Å². The number of anilines is 1. The Morgan fingerprint density at radius 1 is 1.12 bits per heavy atom. The maximum absolute atomic E-state index is 14.4. The van der Waals surface area contributed by atoms with Gasteiger partial charge in [0.2, 0.25) is 5.91 Å². The van der Waals surface area contributed by atoms with Gasteiger partial charge in [-0.3, -0.25) is 4.79 Å². The van der Waals surface area contributed by atoms with E-state index in [4.69, 9.17) is 0 Å². The molecule has 0 saturated carbocycles. The van der Waals surface area contributed by atoms with Crippen LogP contribution in [-0.4, -0.2) is 27.3 Å². The molecule has 9 heteroatoms. The lowest BCUT2D eigenvalue weighted by molar-refractivity contribution is -0.111. The van der Waals surface area contributed by atoms with Gasteiger partial charge >= 0.3 is 6.61 Å². The number of halogens is 3.